The fourth-order valence-electron chi connectivity index (χ4n) is 1.99. The first-order valence-electron chi connectivity index (χ1n) is 7.30. The largest absolute Gasteiger partial charge is 0.497 e. The van der Waals surface area contributed by atoms with Crippen LogP contribution in [0.15, 0.2) is 57.3 Å². The normalized spacial score (nSPS) is 10.5. The third-order valence-electron chi connectivity index (χ3n) is 3.22. The Balaban J connectivity index is 1.58. The van der Waals surface area contributed by atoms with Crippen molar-refractivity contribution < 1.29 is 9.53 Å². The lowest BCUT2D eigenvalue weighted by Crippen LogP contribution is -2.01. The van der Waals surface area contributed by atoms with Gasteiger partial charge < -0.3 is 10.1 Å². The Morgan fingerprint density at radius 1 is 1.24 bits per heavy atom. The molecule has 1 N–H and O–H groups in total. The highest BCUT2D eigenvalue weighted by molar-refractivity contribution is 9.10. The quantitative estimate of drug-likeness (QED) is 0.414. The SMILES string of the molecule is COc1cccc(Nc2nnc(SCC(=O)c3ccc(Br)cc3)s2)c1. The van der Waals surface area contributed by atoms with Crippen molar-refractivity contribution in [3.8, 4) is 5.75 Å². The molecule has 5 nitrogen and oxygen atoms in total. The van der Waals surface area contributed by atoms with Crippen LogP contribution in [0.5, 0.6) is 5.75 Å². The van der Waals surface area contributed by atoms with Crippen LogP contribution in [0, 0.1) is 0 Å². The smallest absolute Gasteiger partial charge is 0.210 e. The maximum Gasteiger partial charge on any atom is 0.210 e. The summed E-state index contributed by atoms with van der Waals surface area (Å²) in [5, 5.41) is 12.1. The number of carbonyl (C=O) groups excluding carboxylic acids is 1. The number of nitrogens with one attached hydrogen (secondary N) is 1. The summed E-state index contributed by atoms with van der Waals surface area (Å²) in [4.78, 5) is 12.2. The van der Waals surface area contributed by atoms with Crippen LogP contribution in [-0.2, 0) is 0 Å². The van der Waals surface area contributed by atoms with Gasteiger partial charge in [-0.2, -0.15) is 0 Å². The molecule has 1 heterocycles. The Morgan fingerprint density at radius 2 is 2.04 bits per heavy atom. The molecular weight excluding hydrogens is 422 g/mol. The minimum Gasteiger partial charge on any atom is -0.497 e. The van der Waals surface area contributed by atoms with Crippen molar-refractivity contribution >= 4 is 55.6 Å². The minimum absolute atomic E-state index is 0.0648. The van der Waals surface area contributed by atoms with E-state index < -0.39 is 0 Å². The average Bonchev–Trinajstić information content (AvgIpc) is 3.08. The predicted octanol–water partition coefficient (Wildman–Crippen LogP) is 5.03. The second-order valence-corrected chi connectivity index (χ2v) is 8.06. The molecule has 25 heavy (non-hydrogen) atoms. The molecular formula is C17H14BrN3O2S2. The summed E-state index contributed by atoms with van der Waals surface area (Å²) in [6.07, 6.45) is 0. The third kappa shape index (κ3) is 5.04. The molecule has 2 aromatic carbocycles. The second-order valence-electron chi connectivity index (χ2n) is 4.95. The number of hydrogen-bond acceptors (Lipinski definition) is 7. The molecule has 0 aliphatic rings. The third-order valence-corrected chi connectivity index (χ3v) is 5.72. The molecule has 0 aliphatic carbocycles. The Morgan fingerprint density at radius 3 is 2.80 bits per heavy atom. The van der Waals surface area contributed by atoms with Crippen molar-refractivity contribution in [3.63, 3.8) is 0 Å². The molecule has 0 fully saturated rings. The molecule has 0 atom stereocenters. The van der Waals surface area contributed by atoms with Crippen LogP contribution in [0.1, 0.15) is 10.4 Å². The molecule has 0 amide bonds. The van der Waals surface area contributed by atoms with E-state index in [-0.39, 0.29) is 5.78 Å². The van der Waals surface area contributed by atoms with Gasteiger partial charge in [0.2, 0.25) is 5.13 Å². The van der Waals surface area contributed by atoms with Gasteiger partial charge in [-0.3, -0.25) is 4.79 Å². The number of rotatable bonds is 7. The number of aromatic nitrogens is 2. The lowest BCUT2D eigenvalue weighted by molar-refractivity contribution is 0.102. The van der Waals surface area contributed by atoms with Gasteiger partial charge in [0.1, 0.15) is 5.75 Å². The number of ketones is 1. The van der Waals surface area contributed by atoms with Crippen LogP contribution < -0.4 is 10.1 Å². The standard InChI is InChI=1S/C17H14BrN3O2S2/c1-23-14-4-2-3-13(9-14)19-16-20-21-17(25-16)24-10-15(22)11-5-7-12(18)8-6-11/h2-9H,10H2,1H3,(H,19,20). The predicted molar refractivity (Wildman–Crippen MR) is 105 cm³/mol. The van der Waals surface area contributed by atoms with E-state index in [2.05, 4.69) is 31.4 Å². The van der Waals surface area contributed by atoms with Gasteiger partial charge in [-0.05, 0) is 24.3 Å². The van der Waals surface area contributed by atoms with Crippen LogP contribution >= 0.6 is 39.0 Å². The molecule has 0 spiro atoms. The summed E-state index contributed by atoms with van der Waals surface area (Å²) in [7, 11) is 1.63. The van der Waals surface area contributed by atoms with E-state index in [4.69, 9.17) is 4.74 Å². The zero-order valence-electron chi connectivity index (χ0n) is 13.2. The van der Waals surface area contributed by atoms with Crippen LogP contribution in [-0.4, -0.2) is 28.8 Å². The van der Waals surface area contributed by atoms with Crippen LogP contribution in [0.25, 0.3) is 0 Å². The average molecular weight is 436 g/mol. The first-order valence-corrected chi connectivity index (χ1v) is 9.90. The first kappa shape index (κ1) is 17.9. The molecule has 8 heteroatoms. The molecule has 128 valence electrons. The summed E-state index contributed by atoms with van der Waals surface area (Å²) in [6, 6.07) is 14.9. The van der Waals surface area contributed by atoms with Gasteiger partial charge in [-0.25, -0.2) is 0 Å². The van der Waals surface area contributed by atoms with E-state index in [0.717, 1.165) is 20.2 Å². The van der Waals surface area contributed by atoms with E-state index in [9.17, 15) is 4.79 Å². The molecule has 0 radical (unpaired) electrons. The monoisotopic (exact) mass is 435 g/mol. The number of carbonyl (C=O) groups is 1. The van der Waals surface area contributed by atoms with E-state index in [1.165, 1.54) is 23.1 Å². The highest BCUT2D eigenvalue weighted by Crippen LogP contribution is 2.29. The molecule has 0 unspecified atom stereocenters. The fraction of sp³-hybridized carbons (Fsp3) is 0.118. The van der Waals surface area contributed by atoms with Gasteiger partial charge in [0.25, 0.3) is 0 Å². The maximum atomic E-state index is 12.2. The fourth-order valence-corrected chi connectivity index (χ4v) is 3.92. The first-order chi connectivity index (χ1) is 12.1. The number of Topliss-reactive ketones (excluding diaryl/α,β-unsaturated/α-hetero) is 1. The van der Waals surface area contributed by atoms with Crippen molar-refractivity contribution in [2.45, 2.75) is 4.34 Å². The Hall–Kier alpha value is -1.90. The molecule has 3 aromatic rings. The zero-order chi connectivity index (χ0) is 17.6. The van der Waals surface area contributed by atoms with Crippen LogP contribution in [0.4, 0.5) is 10.8 Å². The van der Waals surface area contributed by atoms with Gasteiger partial charge in [0.15, 0.2) is 10.1 Å². The van der Waals surface area contributed by atoms with Crippen molar-refractivity contribution in [3.05, 3.63) is 58.6 Å². The van der Waals surface area contributed by atoms with Crippen molar-refractivity contribution in [1.82, 2.24) is 10.2 Å². The molecule has 1 aromatic heterocycles. The molecule has 0 saturated heterocycles. The minimum atomic E-state index is 0.0648. The molecule has 3 rings (SSSR count). The van der Waals surface area contributed by atoms with E-state index in [1.54, 1.807) is 7.11 Å². The summed E-state index contributed by atoms with van der Waals surface area (Å²) in [5.74, 6) is 1.16. The molecule has 0 bridgehead atoms. The van der Waals surface area contributed by atoms with Gasteiger partial charge in [0, 0.05) is 21.8 Å². The van der Waals surface area contributed by atoms with E-state index in [1.807, 2.05) is 48.5 Å². The number of benzene rings is 2. The number of thioether (sulfide) groups is 1. The van der Waals surface area contributed by atoms with Crippen LogP contribution in [0.3, 0.4) is 0 Å². The summed E-state index contributed by atoms with van der Waals surface area (Å²) >= 11 is 6.16. The number of ether oxygens (including phenoxy) is 1. The highest BCUT2D eigenvalue weighted by Gasteiger charge is 2.10. The lowest BCUT2D eigenvalue weighted by atomic mass is 10.2. The van der Waals surface area contributed by atoms with Crippen molar-refractivity contribution in [1.29, 1.82) is 0 Å². The number of methoxy groups -OCH3 is 1. The number of hydrogen-bond donors (Lipinski definition) is 1. The van der Waals surface area contributed by atoms with E-state index in [0.29, 0.717) is 16.4 Å². The Kier molecular flexibility index (Phi) is 6.06. The van der Waals surface area contributed by atoms with Crippen molar-refractivity contribution in [2.24, 2.45) is 0 Å². The number of nitrogens with zero attached hydrogens (tertiary/aromatic N) is 2. The number of anilines is 2. The Bertz CT molecular complexity index is 868. The molecule has 0 saturated carbocycles. The summed E-state index contributed by atoms with van der Waals surface area (Å²) in [5.41, 5.74) is 1.56. The molecule has 0 aliphatic heterocycles. The second kappa shape index (κ2) is 8.46. The lowest BCUT2D eigenvalue weighted by Gasteiger charge is -2.04. The van der Waals surface area contributed by atoms with Gasteiger partial charge in [0.05, 0.1) is 12.9 Å². The van der Waals surface area contributed by atoms with Crippen molar-refractivity contribution in [2.75, 3.05) is 18.2 Å². The van der Waals surface area contributed by atoms with Gasteiger partial charge in [-0.1, -0.05) is 57.2 Å². The van der Waals surface area contributed by atoms with Crippen LogP contribution in [0.2, 0.25) is 0 Å². The zero-order valence-corrected chi connectivity index (χ0v) is 16.5. The summed E-state index contributed by atoms with van der Waals surface area (Å²) < 4.78 is 6.89. The Labute approximate surface area is 162 Å². The van der Waals surface area contributed by atoms with Gasteiger partial charge in [-0.15, -0.1) is 10.2 Å². The van der Waals surface area contributed by atoms with E-state index >= 15 is 0 Å². The summed E-state index contributed by atoms with van der Waals surface area (Å²) in [6.45, 7) is 0. The van der Waals surface area contributed by atoms with Gasteiger partial charge >= 0.3 is 0 Å². The number of halogens is 1. The maximum absolute atomic E-state index is 12.2. The highest BCUT2D eigenvalue weighted by atomic mass is 79.9. The topological polar surface area (TPSA) is 64.1 Å².